The Kier molecular flexibility index (Phi) is 2.53. The van der Waals surface area contributed by atoms with Crippen molar-refractivity contribution in [1.82, 2.24) is 14.6 Å². The van der Waals surface area contributed by atoms with Crippen LogP contribution < -0.4 is 4.74 Å². The molecule has 0 spiro atoms. The number of hydrogen-bond donors (Lipinski definition) is 0. The lowest BCUT2D eigenvalue weighted by atomic mass is 10.3. The van der Waals surface area contributed by atoms with Crippen LogP contribution in [0.15, 0.2) is 35.7 Å². The van der Waals surface area contributed by atoms with Crippen molar-refractivity contribution in [2.45, 2.75) is 6.42 Å². The van der Waals surface area contributed by atoms with Crippen LogP contribution >= 0.6 is 11.3 Å². The molecule has 0 unspecified atom stereocenters. The zero-order valence-corrected chi connectivity index (χ0v) is 10.1. The lowest BCUT2D eigenvalue weighted by Crippen LogP contribution is -1.99. The molecule has 0 aliphatic rings. The molecule has 0 fully saturated rings. The molecule has 3 rings (SSSR count). The van der Waals surface area contributed by atoms with E-state index in [1.807, 2.05) is 28.7 Å². The third kappa shape index (κ3) is 1.78. The molecule has 86 valence electrons. The first kappa shape index (κ1) is 10.3. The molecule has 0 aliphatic heterocycles. The normalized spacial score (nSPS) is 10.9. The predicted octanol–water partition coefficient (Wildman–Crippen LogP) is 2.39. The maximum Gasteiger partial charge on any atom is 0.200 e. The quantitative estimate of drug-likeness (QED) is 0.711. The highest BCUT2D eigenvalue weighted by molar-refractivity contribution is 7.09. The van der Waals surface area contributed by atoms with Crippen molar-refractivity contribution in [2.75, 3.05) is 7.11 Å². The highest BCUT2D eigenvalue weighted by Crippen LogP contribution is 2.19. The number of aromatic nitrogens is 3. The summed E-state index contributed by atoms with van der Waals surface area (Å²) < 4.78 is 7.28. The maximum atomic E-state index is 5.33. The summed E-state index contributed by atoms with van der Waals surface area (Å²) in [5, 5.41) is 10.4. The molecule has 3 aromatic heterocycles. The smallest absolute Gasteiger partial charge is 0.200 e. The summed E-state index contributed by atoms with van der Waals surface area (Å²) in [6.45, 7) is 0. The van der Waals surface area contributed by atoms with Gasteiger partial charge in [0, 0.05) is 11.3 Å². The third-order valence-corrected chi connectivity index (χ3v) is 3.46. The van der Waals surface area contributed by atoms with Crippen LogP contribution in [0, 0.1) is 0 Å². The van der Waals surface area contributed by atoms with Crippen molar-refractivity contribution >= 4 is 17.0 Å². The number of fused-ring (bicyclic) bond motifs is 1. The molecule has 0 saturated heterocycles. The summed E-state index contributed by atoms with van der Waals surface area (Å²) in [5.41, 5.74) is 0.816. The molecule has 4 nitrogen and oxygen atoms in total. The van der Waals surface area contributed by atoms with E-state index in [9.17, 15) is 0 Å². The molecular weight excluding hydrogens is 234 g/mol. The lowest BCUT2D eigenvalue weighted by molar-refractivity contribution is 0.390. The van der Waals surface area contributed by atoms with Gasteiger partial charge in [0.15, 0.2) is 5.65 Å². The minimum absolute atomic E-state index is 0.763. The first-order valence-corrected chi connectivity index (χ1v) is 6.16. The SMILES string of the molecule is COc1cccc2nnc(Cc3cccs3)n12. The zero-order chi connectivity index (χ0) is 11.7. The average molecular weight is 245 g/mol. The van der Waals surface area contributed by atoms with Gasteiger partial charge in [-0.25, -0.2) is 4.40 Å². The van der Waals surface area contributed by atoms with Crippen molar-refractivity contribution in [2.24, 2.45) is 0 Å². The number of rotatable bonds is 3. The first-order chi connectivity index (χ1) is 8.38. The zero-order valence-electron chi connectivity index (χ0n) is 9.33. The van der Waals surface area contributed by atoms with Crippen molar-refractivity contribution in [3.05, 3.63) is 46.4 Å². The van der Waals surface area contributed by atoms with Gasteiger partial charge in [-0.15, -0.1) is 21.5 Å². The van der Waals surface area contributed by atoms with E-state index in [0.29, 0.717) is 0 Å². The van der Waals surface area contributed by atoms with Crippen LogP contribution in [0.4, 0.5) is 0 Å². The van der Waals surface area contributed by atoms with Crippen molar-refractivity contribution < 1.29 is 4.74 Å². The Morgan fingerprint density at radius 2 is 2.18 bits per heavy atom. The fraction of sp³-hybridized carbons (Fsp3) is 0.167. The minimum atomic E-state index is 0.763. The summed E-state index contributed by atoms with van der Waals surface area (Å²) in [4.78, 5) is 1.27. The Morgan fingerprint density at radius 3 is 2.94 bits per heavy atom. The largest absolute Gasteiger partial charge is 0.482 e. The van der Waals surface area contributed by atoms with E-state index in [1.54, 1.807) is 18.4 Å². The van der Waals surface area contributed by atoms with Gasteiger partial charge in [-0.2, -0.15) is 0 Å². The lowest BCUT2D eigenvalue weighted by Gasteiger charge is -2.04. The molecule has 0 bridgehead atoms. The van der Waals surface area contributed by atoms with E-state index in [4.69, 9.17) is 4.74 Å². The van der Waals surface area contributed by atoms with Crippen LogP contribution in [0.25, 0.3) is 5.65 Å². The van der Waals surface area contributed by atoms with Gasteiger partial charge in [0.1, 0.15) is 5.82 Å². The molecule has 0 aromatic carbocycles. The maximum absolute atomic E-state index is 5.33. The van der Waals surface area contributed by atoms with Crippen LogP contribution in [-0.2, 0) is 6.42 Å². The standard InChI is InChI=1S/C12H11N3OS/c1-16-12-6-2-5-10-13-14-11(15(10)12)8-9-4-3-7-17-9/h2-7H,8H2,1H3. The molecule has 0 saturated carbocycles. The second kappa shape index (κ2) is 4.18. The first-order valence-electron chi connectivity index (χ1n) is 5.28. The van der Waals surface area contributed by atoms with Crippen LogP contribution in [0.3, 0.4) is 0 Å². The van der Waals surface area contributed by atoms with Crippen LogP contribution in [0.2, 0.25) is 0 Å². The number of pyridine rings is 1. The Balaban J connectivity index is 2.10. The van der Waals surface area contributed by atoms with Gasteiger partial charge in [-0.05, 0) is 23.6 Å². The van der Waals surface area contributed by atoms with Crippen molar-refractivity contribution in [3.8, 4) is 5.88 Å². The van der Waals surface area contributed by atoms with Crippen molar-refractivity contribution in [1.29, 1.82) is 0 Å². The fourth-order valence-corrected chi connectivity index (χ4v) is 2.51. The third-order valence-electron chi connectivity index (χ3n) is 2.58. The van der Waals surface area contributed by atoms with Gasteiger partial charge in [0.05, 0.1) is 7.11 Å². The molecule has 3 aromatic rings. The Bertz CT molecular complexity index is 630. The topological polar surface area (TPSA) is 39.4 Å². The minimum Gasteiger partial charge on any atom is -0.482 e. The van der Waals surface area contributed by atoms with E-state index in [2.05, 4.69) is 21.6 Å². The predicted molar refractivity (Wildman–Crippen MR) is 66.7 cm³/mol. The van der Waals surface area contributed by atoms with E-state index in [-0.39, 0.29) is 0 Å². The number of thiophene rings is 1. The summed E-state index contributed by atoms with van der Waals surface area (Å²) in [6.07, 6.45) is 0.777. The van der Waals surface area contributed by atoms with Crippen LogP contribution in [0.5, 0.6) is 5.88 Å². The summed E-state index contributed by atoms with van der Waals surface area (Å²) in [6, 6.07) is 9.89. The van der Waals surface area contributed by atoms with E-state index in [0.717, 1.165) is 23.8 Å². The molecule has 17 heavy (non-hydrogen) atoms. The average Bonchev–Trinajstić information content (AvgIpc) is 2.99. The van der Waals surface area contributed by atoms with Crippen LogP contribution in [0.1, 0.15) is 10.7 Å². The van der Waals surface area contributed by atoms with E-state index in [1.165, 1.54) is 4.88 Å². The van der Waals surface area contributed by atoms with Crippen molar-refractivity contribution in [3.63, 3.8) is 0 Å². The number of methoxy groups -OCH3 is 1. The summed E-state index contributed by atoms with van der Waals surface area (Å²) >= 11 is 1.72. The highest BCUT2D eigenvalue weighted by atomic mass is 32.1. The number of ether oxygens (including phenoxy) is 1. The van der Waals surface area contributed by atoms with Gasteiger partial charge >= 0.3 is 0 Å². The molecule has 5 heteroatoms. The summed E-state index contributed by atoms with van der Waals surface area (Å²) in [7, 11) is 1.66. The molecule has 0 amide bonds. The monoisotopic (exact) mass is 245 g/mol. The highest BCUT2D eigenvalue weighted by Gasteiger charge is 2.10. The van der Waals surface area contributed by atoms with E-state index >= 15 is 0 Å². The van der Waals surface area contributed by atoms with Gasteiger partial charge < -0.3 is 4.74 Å². The molecule has 0 radical (unpaired) electrons. The number of hydrogen-bond acceptors (Lipinski definition) is 4. The molecule has 0 aliphatic carbocycles. The second-order valence-electron chi connectivity index (χ2n) is 3.63. The Hall–Kier alpha value is -1.88. The number of nitrogens with zero attached hydrogens (tertiary/aromatic N) is 3. The Labute approximate surface area is 102 Å². The Morgan fingerprint density at radius 1 is 1.24 bits per heavy atom. The van der Waals surface area contributed by atoms with Crippen LogP contribution in [-0.4, -0.2) is 21.7 Å². The molecular formula is C12H11N3OS. The molecule has 0 N–H and O–H groups in total. The second-order valence-corrected chi connectivity index (χ2v) is 4.67. The van der Waals surface area contributed by atoms with Gasteiger partial charge in [-0.1, -0.05) is 12.1 Å². The van der Waals surface area contributed by atoms with E-state index < -0.39 is 0 Å². The summed E-state index contributed by atoms with van der Waals surface area (Å²) in [5.74, 6) is 1.67. The van der Waals surface area contributed by atoms with Gasteiger partial charge in [-0.3, -0.25) is 0 Å². The fourth-order valence-electron chi connectivity index (χ4n) is 1.81. The van der Waals surface area contributed by atoms with Gasteiger partial charge in [0.2, 0.25) is 5.88 Å². The molecule has 3 heterocycles. The van der Waals surface area contributed by atoms with Gasteiger partial charge in [0.25, 0.3) is 0 Å². The molecule has 0 atom stereocenters.